The molecule has 2 aromatic carbocycles. The Morgan fingerprint density at radius 2 is 1.88 bits per heavy atom. The molecule has 0 unspecified atom stereocenters. The predicted molar refractivity (Wildman–Crippen MR) is 131 cm³/mol. The zero-order valence-corrected chi connectivity index (χ0v) is 19.9. The number of anilines is 1. The Hall–Kier alpha value is -2.45. The number of thiazole rings is 1. The zero-order chi connectivity index (χ0) is 22.5. The van der Waals surface area contributed by atoms with Crippen LogP contribution in [0.1, 0.15) is 11.3 Å². The van der Waals surface area contributed by atoms with E-state index in [1.807, 2.05) is 31.2 Å². The molecular formula is C24H27ClN4O2S. The Balaban J connectivity index is 1.26. The fraction of sp³-hybridized carbons (Fsp3) is 0.333. The molecule has 1 saturated heterocycles. The number of carbonyl (C=O) groups excluding carboxylic acids is 1. The van der Waals surface area contributed by atoms with Gasteiger partial charge in [0, 0.05) is 54.8 Å². The Labute approximate surface area is 197 Å². The lowest BCUT2D eigenvalue weighted by Gasteiger charge is -2.33. The summed E-state index contributed by atoms with van der Waals surface area (Å²) >= 11 is 7.84. The lowest BCUT2D eigenvalue weighted by Crippen LogP contribution is -2.48. The third-order valence-electron chi connectivity index (χ3n) is 5.55. The second kappa shape index (κ2) is 10.4. The predicted octanol–water partition coefficient (Wildman–Crippen LogP) is 4.54. The van der Waals surface area contributed by atoms with Crippen LogP contribution in [0.4, 0.5) is 5.69 Å². The van der Waals surface area contributed by atoms with Crippen molar-refractivity contribution in [3.05, 3.63) is 64.1 Å². The molecule has 0 radical (unpaired) electrons. The number of aryl methyl sites for hydroxylation is 1. The highest BCUT2D eigenvalue weighted by Crippen LogP contribution is 2.31. The number of nitrogens with zero attached hydrogens (tertiary/aromatic N) is 3. The van der Waals surface area contributed by atoms with Gasteiger partial charge in [0.2, 0.25) is 5.91 Å². The Morgan fingerprint density at radius 3 is 2.59 bits per heavy atom. The summed E-state index contributed by atoms with van der Waals surface area (Å²) in [5.41, 5.74) is 3.81. The summed E-state index contributed by atoms with van der Waals surface area (Å²) in [6.07, 6.45) is 0. The number of nitrogens with one attached hydrogen (secondary N) is 1. The second-order valence-electron chi connectivity index (χ2n) is 7.91. The molecule has 0 saturated carbocycles. The Morgan fingerprint density at radius 1 is 1.16 bits per heavy atom. The summed E-state index contributed by atoms with van der Waals surface area (Å²) < 4.78 is 5.35. The number of amides is 1. The molecule has 6 nitrogen and oxygen atoms in total. The average Bonchev–Trinajstić information content (AvgIpc) is 3.26. The van der Waals surface area contributed by atoms with Crippen molar-refractivity contribution in [3.63, 3.8) is 0 Å². The van der Waals surface area contributed by atoms with Crippen LogP contribution >= 0.6 is 22.9 Å². The summed E-state index contributed by atoms with van der Waals surface area (Å²) in [6.45, 7) is 6.61. The molecule has 4 rings (SSSR count). The van der Waals surface area contributed by atoms with E-state index in [0.29, 0.717) is 23.0 Å². The van der Waals surface area contributed by atoms with Crippen molar-refractivity contribution in [3.8, 4) is 16.3 Å². The van der Waals surface area contributed by atoms with Gasteiger partial charge in [-0.1, -0.05) is 41.9 Å². The minimum Gasteiger partial charge on any atom is -0.495 e. The highest BCUT2D eigenvalue weighted by molar-refractivity contribution is 7.13. The molecule has 3 aromatic rings. The number of methoxy groups -OCH3 is 1. The number of hydrogen-bond acceptors (Lipinski definition) is 6. The topological polar surface area (TPSA) is 57.7 Å². The number of piperazine rings is 1. The van der Waals surface area contributed by atoms with Crippen LogP contribution in [-0.4, -0.2) is 60.5 Å². The quantitative estimate of drug-likeness (QED) is 0.549. The van der Waals surface area contributed by atoms with Gasteiger partial charge in [-0.05, 0) is 18.6 Å². The maximum atomic E-state index is 12.6. The van der Waals surface area contributed by atoms with Crippen LogP contribution in [0.2, 0.25) is 5.02 Å². The number of benzene rings is 2. The molecule has 32 heavy (non-hydrogen) atoms. The van der Waals surface area contributed by atoms with Crippen LogP contribution in [0.3, 0.4) is 0 Å². The van der Waals surface area contributed by atoms with Crippen molar-refractivity contribution in [1.29, 1.82) is 0 Å². The van der Waals surface area contributed by atoms with E-state index in [1.54, 1.807) is 24.5 Å². The van der Waals surface area contributed by atoms with Crippen molar-refractivity contribution >= 4 is 34.5 Å². The van der Waals surface area contributed by atoms with E-state index in [0.717, 1.165) is 54.6 Å². The smallest absolute Gasteiger partial charge is 0.238 e. The third kappa shape index (κ3) is 5.66. The van der Waals surface area contributed by atoms with E-state index < -0.39 is 0 Å². The molecule has 1 aliphatic heterocycles. The first kappa shape index (κ1) is 22.7. The van der Waals surface area contributed by atoms with Gasteiger partial charge in [0.25, 0.3) is 0 Å². The molecule has 1 aliphatic rings. The number of rotatable bonds is 7. The molecule has 1 fully saturated rings. The van der Waals surface area contributed by atoms with Crippen molar-refractivity contribution in [2.24, 2.45) is 0 Å². The van der Waals surface area contributed by atoms with E-state index in [2.05, 4.69) is 32.6 Å². The molecular weight excluding hydrogens is 444 g/mol. The van der Waals surface area contributed by atoms with Crippen molar-refractivity contribution in [1.82, 2.24) is 14.8 Å². The molecule has 168 valence electrons. The minimum atomic E-state index is -0.0505. The highest BCUT2D eigenvalue weighted by Gasteiger charge is 2.20. The summed E-state index contributed by atoms with van der Waals surface area (Å²) in [5, 5.41) is 6.78. The summed E-state index contributed by atoms with van der Waals surface area (Å²) in [4.78, 5) is 22.0. The highest BCUT2D eigenvalue weighted by atomic mass is 35.5. The van der Waals surface area contributed by atoms with E-state index >= 15 is 0 Å². The minimum absolute atomic E-state index is 0.0505. The van der Waals surface area contributed by atoms with E-state index in [1.165, 1.54) is 0 Å². The van der Waals surface area contributed by atoms with Gasteiger partial charge in [-0.15, -0.1) is 11.3 Å². The van der Waals surface area contributed by atoms with E-state index in [9.17, 15) is 4.79 Å². The van der Waals surface area contributed by atoms with Crippen LogP contribution in [0.25, 0.3) is 10.6 Å². The maximum Gasteiger partial charge on any atom is 0.238 e. The SMILES string of the molecule is COc1cc(Cl)c(C)cc1NC(=O)CN1CCN(Cc2csc(-c3ccccc3)n2)CC1. The summed E-state index contributed by atoms with van der Waals surface area (Å²) in [5.74, 6) is 0.516. The third-order valence-corrected chi connectivity index (χ3v) is 6.89. The van der Waals surface area contributed by atoms with Crippen molar-refractivity contribution in [2.75, 3.05) is 45.2 Å². The molecule has 0 aliphatic carbocycles. The summed E-state index contributed by atoms with van der Waals surface area (Å²) in [7, 11) is 1.57. The lowest BCUT2D eigenvalue weighted by atomic mass is 10.2. The summed E-state index contributed by atoms with van der Waals surface area (Å²) in [6, 6.07) is 13.8. The van der Waals surface area contributed by atoms with Gasteiger partial charge < -0.3 is 10.1 Å². The molecule has 1 amide bonds. The first-order valence-electron chi connectivity index (χ1n) is 10.6. The van der Waals surface area contributed by atoms with Crippen LogP contribution in [0, 0.1) is 6.92 Å². The van der Waals surface area contributed by atoms with Gasteiger partial charge in [-0.2, -0.15) is 0 Å². The van der Waals surface area contributed by atoms with Crippen molar-refractivity contribution in [2.45, 2.75) is 13.5 Å². The number of carbonyl (C=O) groups is 1. The van der Waals surface area contributed by atoms with Gasteiger partial charge >= 0.3 is 0 Å². The van der Waals surface area contributed by atoms with Gasteiger partial charge in [-0.25, -0.2) is 4.98 Å². The molecule has 2 heterocycles. The largest absolute Gasteiger partial charge is 0.495 e. The van der Waals surface area contributed by atoms with Crippen LogP contribution in [-0.2, 0) is 11.3 Å². The molecule has 8 heteroatoms. The maximum absolute atomic E-state index is 12.6. The van der Waals surface area contributed by atoms with Gasteiger partial charge in [0.1, 0.15) is 10.8 Å². The fourth-order valence-electron chi connectivity index (χ4n) is 3.75. The first-order valence-corrected chi connectivity index (χ1v) is 11.9. The normalized spacial score (nSPS) is 15.0. The second-order valence-corrected chi connectivity index (χ2v) is 9.18. The van der Waals surface area contributed by atoms with Gasteiger partial charge in [0.05, 0.1) is 25.0 Å². The van der Waals surface area contributed by atoms with Gasteiger partial charge in [0.15, 0.2) is 0 Å². The molecule has 1 N–H and O–H groups in total. The molecule has 0 bridgehead atoms. The standard InChI is InChI=1S/C24H27ClN4O2S/c1-17-12-21(22(31-2)13-20(17)25)27-23(30)15-29-10-8-28(9-11-29)14-19-16-32-24(26-19)18-6-4-3-5-7-18/h3-7,12-13,16H,8-11,14-15H2,1-2H3,(H,27,30). The monoisotopic (exact) mass is 470 g/mol. The number of ether oxygens (including phenoxy) is 1. The van der Waals surface area contributed by atoms with Crippen LogP contribution in [0.5, 0.6) is 5.75 Å². The average molecular weight is 471 g/mol. The lowest BCUT2D eigenvalue weighted by molar-refractivity contribution is -0.117. The molecule has 0 spiro atoms. The van der Waals surface area contributed by atoms with Crippen LogP contribution < -0.4 is 10.1 Å². The van der Waals surface area contributed by atoms with E-state index in [4.69, 9.17) is 21.3 Å². The molecule has 1 aromatic heterocycles. The molecule has 0 atom stereocenters. The Kier molecular flexibility index (Phi) is 7.42. The van der Waals surface area contributed by atoms with Gasteiger partial charge in [-0.3, -0.25) is 14.6 Å². The zero-order valence-electron chi connectivity index (χ0n) is 18.3. The number of aromatic nitrogens is 1. The van der Waals surface area contributed by atoms with E-state index in [-0.39, 0.29) is 5.91 Å². The Bertz CT molecular complexity index is 1070. The number of halogens is 1. The van der Waals surface area contributed by atoms with Crippen LogP contribution in [0.15, 0.2) is 47.8 Å². The fourth-order valence-corrected chi connectivity index (χ4v) is 4.72. The first-order chi connectivity index (χ1) is 15.5. The van der Waals surface area contributed by atoms with Crippen molar-refractivity contribution < 1.29 is 9.53 Å². The number of hydrogen-bond donors (Lipinski definition) is 1.